The Morgan fingerprint density at radius 3 is 2.22 bits per heavy atom. The summed E-state index contributed by atoms with van der Waals surface area (Å²) in [6, 6.07) is 2.36. The Balaban J connectivity index is 3.77. The second-order valence-corrected chi connectivity index (χ2v) is 15.8. The van der Waals surface area contributed by atoms with E-state index in [1.54, 1.807) is 0 Å². The highest BCUT2D eigenvalue weighted by molar-refractivity contribution is 6.84. The predicted molar refractivity (Wildman–Crippen MR) is 101 cm³/mol. The molecule has 23 heavy (non-hydrogen) atoms. The van der Waals surface area contributed by atoms with Gasteiger partial charge in [-0.25, -0.2) is 4.79 Å². The Hall–Kier alpha value is -0.636. The minimum absolute atomic E-state index is 0.258. The molecule has 0 bridgehead atoms. The molecule has 0 aromatic rings. The van der Waals surface area contributed by atoms with Crippen molar-refractivity contribution >= 4 is 22.7 Å². The lowest BCUT2D eigenvalue weighted by molar-refractivity contribution is 0.0742. The van der Waals surface area contributed by atoms with Crippen molar-refractivity contribution in [2.24, 2.45) is 0 Å². The molecule has 7 heteroatoms. The zero-order valence-corrected chi connectivity index (χ0v) is 17.6. The van der Waals surface area contributed by atoms with Crippen LogP contribution in [0.1, 0.15) is 26.2 Å². The van der Waals surface area contributed by atoms with Gasteiger partial charge in [0.25, 0.3) is 0 Å². The highest BCUT2D eigenvalue weighted by atomic mass is 28.4. The normalized spacial score (nSPS) is 12.0. The van der Waals surface area contributed by atoms with E-state index < -0.39 is 22.7 Å². The molecule has 5 nitrogen and oxygen atoms in total. The Bertz CT molecular complexity index is 349. The molecule has 1 amide bonds. The second-order valence-electron chi connectivity index (χ2n) is 6.93. The lowest BCUT2D eigenvalue weighted by Gasteiger charge is -2.34. The van der Waals surface area contributed by atoms with Crippen molar-refractivity contribution in [3.63, 3.8) is 0 Å². The third-order valence-electron chi connectivity index (χ3n) is 3.43. The summed E-state index contributed by atoms with van der Waals surface area (Å²) in [7, 11) is -3.12. The molecule has 1 N–H and O–H groups in total. The standard InChI is InChI=1S/C16H35NO4Si2/c1-7-9-14-22(3,4)21-23(5,6)15-10-11-19-12-13-20-16(18)17-8-2/h8H,2,7,9-15H2,1,3-6H3,(H,17,18). The monoisotopic (exact) mass is 361 g/mol. The van der Waals surface area contributed by atoms with E-state index in [-0.39, 0.29) is 6.61 Å². The largest absolute Gasteiger partial charge is 0.455 e. The van der Waals surface area contributed by atoms with Crippen LogP contribution in [0.2, 0.25) is 38.3 Å². The van der Waals surface area contributed by atoms with Crippen molar-refractivity contribution in [2.45, 2.75) is 64.5 Å². The molecule has 0 aromatic carbocycles. The number of ether oxygens (including phenoxy) is 2. The van der Waals surface area contributed by atoms with E-state index in [4.69, 9.17) is 13.6 Å². The average molecular weight is 362 g/mol. The van der Waals surface area contributed by atoms with Gasteiger partial charge in [0.15, 0.2) is 16.6 Å². The Kier molecular flexibility index (Phi) is 11.5. The molecule has 136 valence electrons. The number of hydrogen-bond donors (Lipinski definition) is 1. The van der Waals surface area contributed by atoms with Crippen LogP contribution in [0.5, 0.6) is 0 Å². The molecule has 0 rings (SSSR count). The van der Waals surface area contributed by atoms with E-state index in [1.807, 2.05) is 0 Å². The molecule has 0 saturated carbocycles. The fourth-order valence-electron chi connectivity index (χ4n) is 2.47. The summed E-state index contributed by atoms with van der Waals surface area (Å²) in [5.74, 6) is 0. The van der Waals surface area contributed by atoms with E-state index in [2.05, 4.69) is 45.0 Å². The van der Waals surface area contributed by atoms with Crippen LogP contribution in [0.4, 0.5) is 4.79 Å². The van der Waals surface area contributed by atoms with Gasteiger partial charge in [-0.2, -0.15) is 0 Å². The fraction of sp³-hybridized carbons (Fsp3) is 0.812. The molecule has 0 aliphatic carbocycles. The van der Waals surface area contributed by atoms with E-state index in [9.17, 15) is 4.79 Å². The third kappa shape index (κ3) is 13.5. The zero-order chi connectivity index (χ0) is 17.8. The number of rotatable bonds is 13. The van der Waals surface area contributed by atoms with Crippen LogP contribution in [0, 0.1) is 0 Å². The minimum Gasteiger partial charge on any atom is -0.455 e. The number of alkyl carbamates (subject to hydrolysis) is 1. The zero-order valence-electron chi connectivity index (χ0n) is 15.6. The Morgan fingerprint density at radius 2 is 1.65 bits per heavy atom. The van der Waals surface area contributed by atoms with Gasteiger partial charge in [0.05, 0.1) is 6.61 Å². The predicted octanol–water partition coefficient (Wildman–Crippen LogP) is 4.49. The second kappa shape index (κ2) is 11.8. The SMILES string of the molecule is C=CNC(=O)OCCOCCC[Si](C)(C)O[Si](C)(C)CCCC. The van der Waals surface area contributed by atoms with Crippen molar-refractivity contribution in [3.05, 3.63) is 12.8 Å². The molecule has 0 spiro atoms. The van der Waals surface area contributed by atoms with Crippen LogP contribution in [-0.4, -0.2) is 42.5 Å². The molecule has 0 saturated heterocycles. The number of carbonyl (C=O) groups is 1. The maximum Gasteiger partial charge on any atom is 0.411 e. The van der Waals surface area contributed by atoms with E-state index in [0.29, 0.717) is 13.2 Å². The van der Waals surface area contributed by atoms with Crippen molar-refractivity contribution in [1.29, 1.82) is 0 Å². The summed E-state index contributed by atoms with van der Waals surface area (Å²) >= 11 is 0. The minimum atomic E-state index is -1.61. The van der Waals surface area contributed by atoms with Crippen LogP contribution >= 0.6 is 0 Å². The quantitative estimate of drug-likeness (QED) is 0.388. The summed E-state index contributed by atoms with van der Waals surface area (Å²) in [6.45, 7) is 16.2. The summed E-state index contributed by atoms with van der Waals surface area (Å²) in [5, 5.41) is 2.34. The number of hydrogen-bond acceptors (Lipinski definition) is 4. The maximum atomic E-state index is 11.0. The van der Waals surface area contributed by atoms with Gasteiger partial charge in [-0.3, -0.25) is 5.32 Å². The van der Waals surface area contributed by atoms with Crippen LogP contribution in [0.25, 0.3) is 0 Å². The molecule has 0 radical (unpaired) electrons. The summed E-state index contributed by atoms with van der Waals surface area (Å²) < 4.78 is 16.9. The first-order chi connectivity index (χ1) is 10.7. The van der Waals surface area contributed by atoms with Gasteiger partial charge < -0.3 is 13.6 Å². The van der Waals surface area contributed by atoms with Gasteiger partial charge in [0, 0.05) is 6.61 Å². The summed E-state index contributed by atoms with van der Waals surface area (Å²) in [4.78, 5) is 11.0. The van der Waals surface area contributed by atoms with Crippen LogP contribution in [0.15, 0.2) is 12.8 Å². The Labute approximate surface area is 144 Å². The lowest BCUT2D eigenvalue weighted by atomic mass is 10.4. The highest BCUT2D eigenvalue weighted by Gasteiger charge is 2.31. The van der Waals surface area contributed by atoms with Gasteiger partial charge in [-0.15, -0.1) is 0 Å². The molecule has 0 fully saturated rings. The van der Waals surface area contributed by atoms with Gasteiger partial charge in [0.2, 0.25) is 0 Å². The number of carbonyl (C=O) groups excluding carboxylic acids is 1. The van der Waals surface area contributed by atoms with Gasteiger partial charge in [0.1, 0.15) is 6.61 Å². The van der Waals surface area contributed by atoms with Crippen molar-refractivity contribution in [3.8, 4) is 0 Å². The van der Waals surface area contributed by atoms with Crippen molar-refractivity contribution in [1.82, 2.24) is 5.32 Å². The van der Waals surface area contributed by atoms with Crippen LogP contribution < -0.4 is 5.32 Å². The lowest BCUT2D eigenvalue weighted by Crippen LogP contribution is -2.44. The fourth-order valence-corrected chi connectivity index (χ4v) is 11.5. The molecule has 0 aliphatic heterocycles. The van der Waals surface area contributed by atoms with E-state index >= 15 is 0 Å². The van der Waals surface area contributed by atoms with Crippen molar-refractivity contribution in [2.75, 3.05) is 19.8 Å². The van der Waals surface area contributed by atoms with E-state index in [1.165, 1.54) is 25.1 Å². The van der Waals surface area contributed by atoms with Crippen molar-refractivity contribution < 1.29 is 18.4 Å². The first kappa shape index (κ1) is 22.4. The maximum absolute atomic E-state index is 11.0. The molecular formula is C16H35NO4Si2. The molecule has 0 aliphatic rings. The van der Waals surface area contributed by atoms with Crippen LogP contribution in [-0.2, 0) is 13.6 Å². The Morgan fingerprint density at radius 1 is 1.04 bits per heavy atom. The topological polar surface area (TPSA) is 56.8 Å². The molecular weight excluding hydrogens is 326 g/mol. The first-order valence-corrected chi connectivity index (χ1v) is 14.8. The van der Waals surface area contributed by atoms with Gasteiger partial charge >= 0.3 is 6.09 Å². The highest BCUT2D eigenvalue weighted by Crippen LogP contribution is 2.24. The van der Waals surface area contributed by atoms with E-state index in [0.717, 1.165) is 12.5 Å². The molecule has 0 unspecified atom stereocenters. The average Bonchev–Trinajstić information content (AvgIpc) is 2.43. The molecule has 0 heterocycles. The van der Waals surface area contributed by atoms with Gasteiger partial charge in [-0.1, -0.05) is 26.3 Å². The van der Waals surface area contributed by atoms with Crippen LogP contribution in [0.3, 0.4) is 0 Å². The number of nitrogens with one attached hydrogen (secondary N) is 1. The molecule has 0 atom stereocenters. The smallest absolute Gasteiger partial charge is 0.411 e. The molecule has 0 aromatic heterocycles. The third-order valence-corrected chi connectivity index (χ3v) is 11.0. The first-order valence-electron chi connectivity index (χ1n) is 8.54. The van der Waals surface area contributed by atoms with Gasteiger partial charge in [-0.05, 0) is 50.9 Å². The summed E-state index contributed by atoms with van der Waals surface area (Å²) in [6.07, 6.45) is 4.30. The summed E-state index contributed by atoms with van der Waals surface area (Å²) in [5.41, 5.74) is 0. The number of unbranched alkanes of at least 4 members (excludes halogenated alkanes) is 1. The number of amides is 1.